The van der Waals surface area contributed by atoms with E-state index in [0.717, 1.165) is 31.6 Å². The normalized spacial score (nSPS) is 25.9. The third kappa shape index (κ3) is 5.50. The van der Waals surface area contributed by atoms with Gasteiger partial charge in [0.2, 0.25) is 0 Å². The van der Waals surface area contributed by atoms with E-state index < -0.39 is 5.60 Å². The summed E-state index contributed by atoms with van der Waals surface area (Å²) in [4.78, 5) is 16.6. The first kappa shape index (κ1) is 20.8. The van der Waals surface area contributed by atoms with Crippen LogP contribution in [0.2, 0.25) is 0 Å². The van der Waals surface area contributed by atoms with Crippen LogP contribution in [0.4, 0.5) is 4.79 Å². The average Bonchev–Trinajstić information content (AvgIpc) is 3.18. The minimum Gasteiger partial charge on any atom is -0.444 e. The molecule has 0 aliphatic carbocycles. The average molecular weight is 369 g/mol. The lowest BCUT2D eigenvalue weighted by atomic mass is 9.93. The lowest BCUT2D eigenvalue weighted by molar-refractivity contribution is 0.0448. The van der Waals surface area contributed by atoms with Crippen LogP contribution < -0.4 is 16.0 Å². The van der Waals surface area contributed by atoms with Crippen LogP contribution in [0.3, 0.4) is 0 Å². The van der Waals surface area contributed by atoms with Gasteiger partial charge < -0.3 is 25.4 Å². The highest BCUT2D eigenvalue weighted by molar-refractivity contribution is 5.80. The van der Waals surface area contributed by atoms with Gasteiger partial charge in [0.05, 0.1) is 23.8 Å². The number of hydrogen-bond acceptors (Lipinski definition) is 4. The van der Waals surface area contributed by atoms with Crippen LogP contribution in [-0.4, -0.2) is 55.0 Å². The quantitative estimate of drug-likeness (QED) is 0.496. The molecule has 2 heterocycles. The summed E-state index contributed by atoms with van der Waals surface area (Å²) >= 11 is 0. The molecular weight excluding hydrogens is 332 g/mol. The van der Waals surface area contributed by atoms with Crippen molar-refractivity contribution in [2.75, 3.05) is 13.6 Å². The van der Waals surface area contributed by atoms with Crippen molar-refractivity contribution >= 4 is 12.1 Å². The van der Waals surface area contributed by atoms with Gasteiger partial charge in [-0.25, -0.2) is 4.79 Å². The Morgan fingerprint density at radius 3 is 2.38 bits per heavy atom. The van der Waals surface area contributed by atoms with Crippen LogP contribution in [-0.2, 0) is 9.47 Å². The topological polar surface area (TPSA) is 84.0 Å². The second-order valence-corrected chi connectivity index (χ2v) is 8.40. The number of nitrogens with zero attached hydrogens (tertiary/aromatic N) is 1. The molecule has 1 amide bonds. The van der Waals surface area contributed by atoms with Crippen LogP contribution in [0.5, 0.6) is 0 Å². The van der Waals surface area contributed by atoms with Crippen molar-refractivity contribution in [3.63, 3.8) is 0 Å². The number of nitrogens with one attached hydrogen (secondary N) is 3. The Balaban J connectivity index is 1.90. The standard InChI is InChI=1S/C19H36N4O3/c1-7-19(8-2,23-17(24)26-18(3,4)5)12-21-16(20-6)22-14-11-13-9-10-15(14)25-13/h13-15H,7-12H2,1-6H3,(H,23,24)(H2,20,21,22). The summed E-state index contributed by atoms with van der Waals surface area (Å²) in [7, 11) is 1.77. The molecule has 26 heavy (non-hydrogen) atoms. The zero-order valence-electron chi connectivity index (χ0n) is 17.1. The highest BCUT2D eigenvalue weighted by atomic mass is 16.6. The summed E-state index contributed by atoms with van der Waals surface area (Å²) in [6.07, 6.45) is 5.22. The Bertz CT molecular complexity index is 511. The zero-order valence-corrected chi connectivity index (χ0v) is 17.1. The molecule has 0 aromatic rings. The largest absolute Gasteiger partial charge is 0.444 e. The van der Waals surface area contributed by atoms with Gasteiger partial charge in [-0.1, -0.05) is 13.8 Å². The molecule has 2 aliphatic heterocycles. The smallest absolute Gasteiger partial charge is 0.408 e. The maximum absolute atomic E-state index is 12.2. The van der Waals surface area contributed by atoms with Gasteiger partial charge >= 0.3 is 6.09 Å². The highest BCUT2D eigenvalue weighted by Crippen LogP contribution is 2.34. The molecule has 2 rings (SSSR count). The summed E-state index contributed by atoms with van der Waals surface area (Å²) in [5.74, 6) is 0.753. The molecule has 0 spiro atoms. The minimum atomic E-state index is -0.510. The fourth-order valence-electron chi connectivity index (χ4n) is 3.65. The predicted octanol–water partition coefficient (Wildman–Crippen LogP) is 2.55. The van der Waals surface area contributed by atoms with E-state index in [1.165, 1.54) is 6.42 Å². The molecular formula is C19H36N4O3. The number of amides is 1. The first-order valence-corrected chi connectivity index (χ1v) is 9.84. The van der Waals surface area contributed by atoms with E-state index in [2.05, 4.69) is 34.8 Å². The molecule has 7 nitrogen and oxygen atoms in total. The number of hydrogen-bond donors (Lipinski definition) is 3. The van der Waals surface area contributed by atoms with Gasteiger partial charge in [0.1, 0.15) is 5.60 Å². The number of rotatable bonds is 6. The van der Waals surface area contributed by atoms with Gasteiger partial charge in [-0.2, -0.15) is 0 Å². The van der Waals surface area contributed by atoms with Crippen LogP contribution in [0.25, 0.3) is 0 Å². The summed E-state index contributed by atoms with van der Waals surface area (Å²) in [6, 6.07) is 0.316. The number of alkyl carbamates (subject to hydrolysis) is 1. The summed E-state index contributed by atoms with van der Waals surface area (Å²) < 4.78 is 11.3. The first-order valence-electron chi connectivity index (χ1n) is 9.84. The Morgan fingerprint density at radius 2 is 1.92 bits per heavy atom. The van der Waals surface area contributed by atoms with Gasteiger partial charge in [0.15, 0.2) is 5.96 Å². The summed E-state index contributed by atoms with van der Waals surface area (Å²) in [5, 5.41) is 9.91. The van der Waals surface area contributed by atoms with E-state index in [4.69, 9.17) is 9.47 Å². The molecule has 3 unspecified atom stereocenters. The van der Waals surface area contributed by atoms with Crippen molar-refractivity contribution in [3.05, 3.63) is 0 Å². The van der Waals surface area contributed by atoms with Gasteiger partial charge in [-0.05, 0) is 52.9 Å². The third-order valence-electron chi connectivity index (χ3n) is 5.37. The molecule has 7 heteroatoms. The van der Waals surface area contributed by atoms with E-state index in [1.807, 2.05) is 20.8 Å². The van der Waals surface area contributed by atoms with Crippen LogP contribution in [0.15, 0.2) is 4.99 Å². The zero-order chi connectivity index (χ0) is 19.4. The van der Waals surface area contributed by atoms with Crippen molar-refractivity contribution in [2.45, 2.75) is 96.1 Å². The third-order valence-corrected chi connectivity index (χ3v) is 5.37. The molecule has 2 aliphatic rings. The lowest BCUT2D eigenvalue weighted by Gasteiger charge is -2.35. The second kappa shape index (κ2) is 8.46. The van der Waals surface area contributed by atoms with E-state index in [9.17, 15) is 4.79 Å². The molecule has 3 atom stereocenters. The molecule has 150 valence electrons. The fraction of sp³-hybridized carbons (Fsp3) is 0.895. The Labute approximate surface area is 157 Å². The minimum absolute atomic E-state index is 0.292. The lowest BCUT2D eigenvalue weighted by Crippen LogP contribution is -2.58. The van der Waals surface area contributed by atoms with E-state index >= 15 is 0 Å². The van der Waals surface area contributed by atoms with Gasteiger partial charge in [0, 0.05) is 13.6 Å². The van der Waals surface area contributed by atoms with Gasteiger partial charge in [-0.3, -0.25) is 4.99 Å². The highest BCUT2D eigenvalue weighted by Gasteiger charge is 2.41. The van der Waals surface area contributed by atoms with Crippen LogP contribution in [0.1, 0.15) is 66.7 Å². The summed E-state index contributed by atoms with van der Waals surface area (Å²) in [6.45, 7) is 10.3. The molecule has 0 aromatic heterocycles. The number of guanidine groups is 1. The molecule has 2 bridgehead atoms. The Morgan fingerprint density at radius 1 is 1.23 bits per heavy atom. The van der Waals surface area contributed by atoms with Gasteiger partial charge in [-0.15, -0.1) is 0 Å². The SMILES string of the molecule is CCC(CC)(CNC(=NC)NC1CC2CCC1O2)NC(=O)OC(C)(C)C. The molecule has 2 fully saturated rings. The number of ether oxygens (including phenoxy) is 2. The van der Waals surface area contributed by atoms with Crippen molar-refractivity contribution in [1.29, 1.82) is 0 Å². The molecule has 0 radical (unpaired) electrons. The van der Waals surface area contributed by atoms with E-state index in [0.29, 0.717) is 24.8 Å². The van der Waals surface area contributed by atoms with Crippen molar-refractivity contribution in [2.24, 2.45) is 4.99 Å². The maximum atomic E-state index is 12.2. The second-order valence-electron chi connectivity index (χ2n) is 8.40. The molecule has 0 aromatic carbocycles. The summed E-state index contributed by atoms with van der Waals surface area (Å²) in [5.41, 5.74) is -0.894. The Kier molecular flexibility index (Phi) is 6.77. The van der Waals surface area contributed by atoms with Gasteiger partial charge in [0.25, 0.3) is 0 Å². The van der Waals surface area contributed by atoms with E-state index in [-0.39, 0.29) is 11.6 Å². The fourth-order valence-corrected chi connectivity index (χ4v) is 3.65. The number of aliphatic imine (C=N–C) groups is 1. The maximum Gasteiger partial charge on any atom is 0.408 e. The first-order chi connectivity index (χ1) is 12.2. The molecule has 0 saturated carbocycles. The monoisotopic (exact) mass is 368 g/mol. The number of carbonyl (C=O) groups is 1. The van der Waals surface area contributed by atoms with Crippen LogP contribution >= 0.6 is 0 Å². The van der Waals surface area contributed by atoms with Crippen molar-refractivity contribution < 1.29 is 14.3 Å². The van der Waals surface area contributed by atoms with Crippen molar-refractivity contribution in [3.8, 4) is 0 Å². The predicted molar refractivity (Wildman–Crippen MR) is 103 cm³/mol. The number of carbonyl (C=O) groups excluding carboxylic acids is 1. The molecule has 3 N–H and O–H groups in total. The number of fused-ring (bicyclic) bond motifs is 2. The van der Waals surface area contributed by atoms with Crippen LogP contribution in [0, 0.1) is 0 Å². The Hall–Kier alpha value is -1.50. The molecule has 2 saturated heterocycles. The van der Waals surface area contributed by atoms with E-state index in [1.54, 1.807) is 7.05 Å². The van der Waals surface area contributed by atoms with Crippen molar-refractivity contribution in [1.82, 2.24) is 16.0 Å².